The van der Waals surface area contributed by atoms with Crippen molar-refractivity contribution in [3.8, 4) is 0 Å². The number of nitrogens with one attached hydrogen (secondary N) is 1. The molecule has 1 atom stereocenters. The fraction of sp³-hybridized carbons (Fsp3) is 0.583. The largest absolute Gasteiger partial charge is 0.480 e. The molecule has 1 fully saturated rings. The minimum atomic E-state index is -0.966. The molecule has 0 aromatic carbocycles. The van der Waals surface area contributed by atoms with Gasteiger partial charge >= 0.3 is 5.97 Å². The van der Waals surface area contributed by atoms with Gasteiger partial charge in [0, 0.05) is 19.0 Å². The van der Waals surface area contributed by atoms with Crippen molar-refractivity contribution >= 4 is 11.8 Å². The molecule has 0 aliphatic carbocycles. The fourth-order valence-electron chi connectivity index (χ4n) is 2.35. The Bertz CT molecular complexity index is 526. The number of aromatic nitrogens is 2. The fourth-order valence-corrected chi connectivity index (χ4v) is 2.35. The molecule has 2 heterocycles. The minimum Gasteiger partial charge on any atom is -0.480 e. The molecule has 1 aromatic heterocycles. The number of rotatable bonds is 3. The number of hydrogen-bond donors (Lipinski definition) is 2. The summed E-state index contributed by atoms with van der Waals surface area (Å²) in [4.78, 5) is 31.6. The lowest BCUT2D eigenvalue weighted by Crippen LogP contribution is -2.48. The first-order valence-electron chi connectivity index (χ1n) is 6.08. The number of nitrogens with zero attached hydrogens (tertiary/aromatic N) is 2. The second-order valence-corrected chi connectivity index (χ2v) is 4.74. The number of H-pyrrole nitrogens is 1. The second-order valence-electron chi connectivity index (χ2n) is 4.74. The monoisotopic (exact) mass is 251 g/mol. The van der Waals surface area contributed by atoms with Gasteiger partial charge < -0.3 is 15.0 Å². The standard InChI is InChI=1S/C12H17N3O3/c1-3-8-13-9(7-10(16)14-8)15-6-4-5-12(15,2)11(17)18/h7H,3-6H2,1-2H3,(H,17,18)(H,13,14,16). The van der Waals surface area contributed by atoms with E-state index >= 15 is 0 Å². The van der Waals surface area contributed by atoms with E-state index in [0.29, 0.717) is 31.0 Å². The molecule has 6 nitrogen and oxygen atoms in total. The van der Waals surface area contributed by atoms with E-state index in [0.717, 1.165) is 6.42 Å². The van der Waals surface area contributed by atoms with Crippen LogP contribution in [0, 0.1) is 0 Å². The Balaban J connectivity index is 2.45. The van der Waals surface area contributed by atoms with Crippen molar-refractivity contribution in [3.63, 3.8) is 0 Å². The van der Waals surface area contributed by atoms with Crippen LogP contribution in [0.25, 0.3) is 0 Å². The topological polar surface area (TPSA) is 86.3 Å². The zero-order chi connectivity index (χ0) is 13.3. The molecule has 0 radical (unpaired) electrons. The first-order valence-corrected chi connectivity index (χ1v) is 6.08. The number of aliphatic carboxylic acids is 1. The average Bonchev–Trinajstić information content (AvgIpc) is 2.72. The van der Waals surface area contributed by atoms with E-state index in [9.17, 15) is 14.7 Å². The predicted octanol–water partition coefficient (Wildman–Crippen LogP) is 0.776. The Morgan fingerprint density at radius 2 is 2.39 bits per heavy atom. The number of anilines is 1. The number of carboxylic acids is 1. The molecule has 18 heavy (non-hydrogen) atoms. The molecule has 1 saturated heterocycles. The zero-order valence-electron chi connectivity index (χ0n) is 10.6. The van der Waals surface area contributed by atoms with Gasteiger partial charge in [0.05, 0.1) is 0 Å². The van der Waals surface area contributed by atoms with Crippen LogP contribution in [0.15, 0.2) is 10.9 Å². The summed E-state index contributed by atoms with van der Waals surface area (Å²) in [5.74, 6) is 0.162. The SMILES string of the molecule is CCc1nc(N2CCCC2(C)C(=O)O)cc(=O)[nH]1. The highest BCUT2D eigenvalue weighted by molar-refractivity contribution is 5.83. The summed E-state index contributed by atoms with van der Waals surface area (Å²) >= 11 is 0. The van der Waals surface area contributed by atoms with E-state index in [1.165, 1.54) is 6.07 Å². The summed E-state index contributed by atoms with van der Waals surface area (Å²) in [5, 5.41) is 9.34. The van der Waals surface area contributed by atoms with Gasteiger partial charge in [0.2, 0.25) is 0 Å². The molecule has 98 valence electrons. The minimum absolute atomic E-state index is 0.239. The van der Waals surface area contributed by atoms with Crippen LogP contribution in [0.5, 0.6) is 0 Å². The molecule has 0 spiro atoms. The molecule has 0 saturated carbocycles. The molecule has 0 amide bonds. The van der Waals surface area contributed by atoms with Gasteiger partial charge in [0.1, 0.15) is 17.2 Å². The van der Waals surface area contributed by atoms with E-state index in [2.05, 4.69) is 9.97 Å². The van der Waals surface area contributed by atoms with Crippen LogP contribution in [0.3, 0.4) is 0 Å². The van der Waals surface area contributed by atoms with Crippen LogP contribution in [-0.4, -0.2) is 33.1 Å². The lowest BCUT2D eigenvalue weighted by atomic mass is 9.99. The van der Waals surface area contributed by atoms with E-state index in [1.54, 1.807) is 11.8 Å². The smallest absolute Gasteiger partial charge is 0.329 e. The summed E-state index contributed by atoms with van der Waals surface area (Å²) in [6.07, 6.45) is 1.97. The zero-order valence-corrected chi connectivity index (χ0v) is 10.6. The maximum Gasteiger partial charge on any atom is 0.329 e. The van der Waals surface area contributed by atoms with Crippen LogP contribution in [0.2, 0.25) is 0 Å². The highest BCUT2D eigenvalue weighted by Gasteiger charge is 2.44. The van der Waals surface area contributed by atoms with E-state index < -0.39 is 11.5 Å². The van der Waals surface area contributed by atoms with Gasteiger partial charge in [0.25, 0.3) is 5.56 Å². The molecule has 6 heteroatoms. The third kappa shape index (κ3) is 1.98. The maximum absolute atomic E-state index is 11.5. The van der Waals surface area contributed by atoms with Crippen LogP contribution in [0.1, 0.15) is 32.5 Å². The Labute approximate surface area is 105 Å². The lowest BCUT2D eigenvalue weighted by Gasteiger charge is -2.32. The first-order chi connectivity index (χ1) is 8.47. The van der Waals surface area contributed by atoms with E-state index in [4.69, 9.17) is 0 Å². The summed E-state index contributed by atoms with van der Waals surface area (Å²) < 4.78 is 0. The Hall–Kier alpha value is -1.85. The molecular formula is C12H17N3O3. The normalized spacial score (nSPS) is 23.3. The predicted molar refractivity (Wildman–Crippen MR) is 66.9 cm³/mol. The highest BCUT2D eigenvalue weighted by atomic mass is 16.4. The molecule has 1 aliphatic rings. The van der Waals surface area contributed by atoms with Crippen molar-refractivity contribution < 1.29 is 9.90 Å². The van der Waals surface area contributed by atoms with Gasteiger partial charge in [-0.2, -0.15) is 0 Å². The molecule has 2 N–H and O–H groups in total. The summed E-state index contributed by atoms with van der Waals surface area (Å²) in [7, 11) is 0. The van der Waals surface area contributed by atoms with Crippen molar-refractivity contribution in [2.45, 2.75) is 38.6 Å². The van der Waals surface area contributed by atoms with Crippen molar-refractivity contribution in [1.29, 1.82) is 0 Å². The molecule has 1 unspecified atom stereocenters. The van der Waals surface area contributed by atoms with Crippen molar-refractivity contribution in [2.75, 3.05) is 11.4 Å². The van der Waals surface area contributed by atoms with Crippen LogP contribution < -0.4 is 10.5 Å². The molecule has 1 aliphatic heterocycles. The average molecular weight is 251 g/mol. The van der Waals surface area contributed by atoms with Crippen LogP contribution in [0.4, 0.5) is 5.82 Å². The second kappa shape index (κ2) is 4.44. The number of carbonyl (C=O) groups is 1. The Kier molecular flexibility index (Phi) is 3.11. The highest BCUT2D eigenvalue weighted by Crippen LogP contribution is 2.32. The van der Waals surface area contributed by atoms with Crippen molar-refractivity contribution in [1.82, 2.24) is 9.97 Å². The van der Waals surface area contributed by atoms with Crippen molar-refractivity contribution in [3.05, 3.63) is 22.2 Å². The quantitative estimate of drug-likeness (QED) is 0.829. The molecule has 1 aromatic rings. The third-order valence-electron chi connectivity index (χ3n) is 3.49. The van der Waals surface area contributed by atoms with Gasteiger partial charge in [-0.1, -0.05) is 6.92 Å². The van der Waals surface area contributed by atoms with Crippen LogP contribution >= 0.6 is 0 Å². The van der Waals surface area contributed by atoms with Gasteiger partial charge in [-0.25, -0.2) is 9.78 Å². The van der Waals surface area contributed by atoms with Gasteiger partial charge in [-0.15, -0.1) is 0 Å². The number of aryl methyl sites for hydroxylation is 1. The first kappa shape index (κ1) is 12.6. The van der Waals surface area contributed by atoms with Gasteiger partial charge in [0.15, 0.2) is 0 Å². The van der Waals surface area contributed by atoms with Gasteiger partial charge in [-0.3, -0.25) is 4.79 Å². The molecule has 0 bridgehead atoms. The Morgan fingerprint density at radius 1 is 1.67 bits per heavy atom. The summed E-state index contributed by atoms with van der Waals surface area (Å²) in [5.41, 5.74) is -1.21. The van der Waals surface area contributed by atoms with E-state index in [1.807, 2.05) is 6.92 Å². The number of carboxylic acid groups (broad SMARTS) is 1. The maximum atomic E-state index is 11.5. The van der Waals surface area contributed by atoms with Crippen molar-refractivity contribution in [2.24, 2.45) is 0 Å². The summed E-state index contributed by atoms with van der Waals surface area (Å²) in [6, 6.07) is 1.37. The number of hydrogen-bond acceptors (Lipinski definition) is 4. The van der Waals surface area contributed by atoms with E-state index in [-0.39, 0.29) is 5.56 Å². The summed E-state index contributed by atoms with van der Waals surface area (Å²) in [6.45, 7) is 4.18. The lowest BCUT2D eigenvalue weighted by molar-refractivity contribution is -0.142. The number of aromatic amines is 1. The molecule has 2 rings (SSSR count). The molecular weight excluding hydrogens is 234 g/mol. The Morgan fingerprint density at radius 3 is 3.00 bits per heavy atom. The third-order valence-corrected chi connectivity index (χ3v) is 3.49. The van der Waals surface area contributed by atoms with Gasteiger partial charge in [-0.05, 0) is 19.8 Å². The van der Waals surface area contributed by atoms with Crippen LogP contribution in [-0.2, 0) is 11.2 Å².